The van der Waals surface area contributed by atoms with Gasteiger partial charge >= 0.3 is 12.1 Å². The van der Waals surface area contributed by atoms with Crippen LogP contribution in [-0.2, 0) is 22.5 Å². The van der Waals surface area contributed by atoms with Gasteiger partial charge in [0.2, 0.25) is 0 Å². The predicted octanol–water partition coefficient (Wildman–Crippen LogP) is 1.05. The van der Waals surface area contributed by atoms with E-state index in [9.17, 15) is 23.1 Å². The van der Waals surface area contributed by atoms with Crippen LogP contribution in [0.2, 0.25) is 0 Å². The largest absolute Gasteiger partial charge is 0.481 e. The molecule has 0 saturated heterocycles. The molecule has 0 aliphatic heterocycles. The van der Waals surface area contributed by atoms with Crippen LogP contribution in [0.25, 0.3) is 0 Å². The Kier molecular flexibility index (Phi) is 4.45. The third kappa shape index (κ3) is 3.90. The molecule has 0 spiro atoms. The summed E-state index contributed by atoms with van der Waals surface area (Å²) in [5, 5.41) is 20.1. The van der Waals surface area contributed by atoms with E-state index >= 15 is 0 Å². The van der Waals surface area contributed by atoms with Gasteiger partial charge in [-0.25, -0.2) is 4.68 Å². The summed E-state index contributed by atoms with van der Waals surface area (Å²) in [6, 6.07) is 0. The molecule has 1 heterocycles. The van der Waals surface area contributed by atoms with Crippen molar-refractivity contribution in [1.29, 1.82) is 0 Å². The van der Waals surface area contributed by atoms with Gasteiger partial charge in [-0.05, 0) is 23.3 Å². The molecule has 0 unspecified atom stereocenters. The Morgan fingerprint density at radius 3 is 2.67 bits per heavy atom. The Labute approximate surface area is 118 Å². The number of hydrogen-bond donors (Lipinski definition) is 1. The van der Waals surface area contributed by atoms with Crippen LogP contribution in [0.3, 0.4) is 0 Å². The number of hydrogen-bond acceptors (Lipinski definition) is 5. The zero-order valence-electron chi connectivity index (χ0n) is 11.1. The molecule has 1 N–H and O–H groups in total. The second-order valence-electron chi connectivity index (χ2n) is 5.11. The van der Waals surface area contributed by atoms with Crippen molar-refractivity contribution in [2.24, 2.45) is 5.41 Å². The summed E-state index contributed by atoms with van der Waals surface area (Å²) in [5.74, 6) is -0.576. The molecule has 1 saturated carbocycles. The predicted molar refractivity (Wildman–Crippen MR) is 62.3 cm³/mol. The minimum absolute atomic E-state index is 0.0960. The second-order valence-corrected chi connectivity index (χ2v) is 5.11. The zero-order valence-corrected chi connectivity index (χ0v) is 11.1. The van der Waals surface area contributed by atoms with Gasteiger partial charge in [-0.3, -0.25) is 4.79 Å². The number of aromatic nitrogens is 4. The molecule has 1 aliphatic rings. The Morgan fingerprint density at radius 1 is 1.43 bits per heavy atom. The minimum Gasteiger partial charge on any atom is -0.481 e. The Bertz CT molecular complexity index is 499. The van der Waals surface area contributed by atoms with Crippen molar-refractivity contribution in [3.8, 4) is 0 Å². The highest BCUT2D eigenvalue weighted by Crippen LogP contribution is 2.42. The number of ether oxygens (including phenoxy) is 1. The lowest BCUT2D eigenvalue weighted by molar-refractivity contribution is -0.173. The van der Waals surface area contributed by atoms with Crippen molar-refractivity contribution in [1.82, 2.24) is 20.2 Å². The summed E-state index contributed by atoms with van der Waals surface area (Å²) in [7, 11) is 0. The molecule has 1 fully saturated rings. The number of aliphatic carboxylic acids is 1. The quantitative estimate of drug-likeness (QED) is 0.757. The van der Waals surface area contributed by atoms with E-state index in [0.29, 0.717) is 18.7 Å². The summed E-state index contributed by atoms with van der Waals surface area (Å²) >= 11 is 0. The Morgan fingerprint density at radius 2 is 2.14 bits per heavy atom. The third-order valence-electron chi connectivity index (χ3n) is 3.56. The van der Waals surface area contributed by atoms with Crippen LogP contribution in [0.15, 0.2) is 0 Å². The SMILES string of the molecule is O=C(O)C1(Cn2nnnc2CCOCC(F)(F)F)CCC1. The summed E-state index contributed by atoms with van der Waals surface area (Å²) in [5.41, 5.74) is -0.864. The van der Waals surface area contributed by atoms with E-state index in [0.717, 1.165) is 6.42 Å². The fraction of sp³-hybridized carbons (Fsp3) is 0.818. The van der Waals surface area contributed by atoms with Crippen molar-refractivity contribution < 1.29 is 27.8 Å². The monoisotopic (exact) mass is 308 g/mol. The molecule has 0 amide bonds. The highest BCUT2D eigenvalue weighted by molar-refractivity contribution is 5.75. The number of carboxylic acids is 1. The van der Waals surface area contributed by atoms with E-state index < -0.39 is 24.2 Å². The molecule has 0 aromatic carbocycles. The lowest BCUT2D eigenvalue weighted by Crippen LogP contribution is -2.42. The van der Waals surface area contributed by atoms with E-state index in [1.807, 2.05) is 0 Å². The zero-order chi connectivity index (χ0) is 15.5. The summed E-state index contributed by atoms with van der Waals surface area (Å²) < 4.78 is 41.6. The van der Waals surface area contributed by atoms with E-state index in [4.69, 9.17) is 0 Å². The second kappa shape index (κ2) is 5.96. The van der Waals surface area contributed by atoms with Gasteiger partial charge in [0, 0.05) is 6.42 Å². The van der Waals surface area contributed by atoms with E-state index in [2.05, 4.69) is 20.3 Å². The summed E-state index contributed by atoms with van der Waals surface area (Å²) in [6.45, 7) is -1.38. The number of carbonyl (C=O) groups is 1. The molecule has 0 bridgehead atoms. The fourth-order valence-corrected chi connectivity index (χ4v) is 2.21. The first-order chi connectivity index (χ1) is 9.82. The number of nitrogens with zero attached hydrogens (tertiary/aromatic N) is 4. The first kappa shape index (κ1) is 15.7. The molecule has 21 heavy (non-hydrogen) atoms. The third-order valence-corrected chi connectivity index (χ3v) is 3.56. The highest BCUT2D eigenvalue weighted by Gasteiger charge is 2.45. The van der Waals surface area contributed by atoms with Crippen LogP contribution < -0.4 is 0 Å². The molecule has 1 aliphatic carbocycles. The maximum Gasteiger partial charge on any atom is 0.411 e. The fourth-order valence-electron chi connectivity index (χ4n) is 2.21. The van der Waals surface area contributed by atoms with Crippen LogP contribution in [0.4, 0.5) is 13.2 Å². The Hall–Kier alpha value is -1.71. The lowest BCUT2D eigenvalue weighted by atomic mass is 9.69. The average molecular weight is 308 g/mol. The highest BCUT2D eigenvalue weighted by atomic mass is 19.4. The van der Waals surface area contributed by atoms with E-state index in [-0.39, 0.29) is 19.6 Å². The number of halogens is 3. The summed E-state index contributed by atoms with van der Waals surface area (Å²) in [4.78, 5) is 11.3. The van der Waals surface area contributed by atoms with E-state index in [1.54, 1.807) is 0 Å². The first-order valence-corrected chi connectivity index (χ1v) is 6.45. The van der Waals surface area contributed by atoms with Gasteiger partial charge in [0.15, 0.2) is 5.82 Å². The van der Waals surface area contributed by atoms with Gasteiger partial charge in [-0.1, -0.05) is 6.42 Å². The number of tetrazole rings is 1. The van der Waals surface area contributed by atoms with Crippen molar-refractivity contribution in [2.75, 3.05) is 13.2 Å². The van der Waals surface area contributed by atoms with Crippen LogP contribution >= 0.6 is 0 Å². The molecular weight excluding hydrogens is 293 g/mol. The average Bonchev–Trinajstić information content (AvgIpc) is 2.75. The molecule has 1 aromatic heterocycles. The van der Waals surface area contributed by atoms with Crippen molar-refractivity contribution in [3.63, 3.8) is 0 Å². The first-order valence-electron chi connectivity index (χ1n) is 6.45. The number of carboxylic acid groups (broad SMARTS) is 1. The minimum atomic E-state index is -4.37. The molecule has 0 radical (unpaired) electrons. The maximum absolute atomic E-state index is 11.9. The van der Waals surface area contributed by atoms with Gasteiger partial charge in [-0.15, -0.1) is 5.10 Å². The molecule has 2 rings (SSSR count). The molecule has 1 aromatic rings. The van der Waals surface area contributed by atoms with Crippen LogP contribution in [0, 0.1) is 5.41 Å². The molecule has 10 heteroatoms. The Balaban J connectivity index is 1.88. The topological polar surface area (TPSA) is 90.1 Å². The van der Waals surface area contributed by atoms with Crippen molar-refractivity contribution in [3.05, 3.63) is 5.82 Å². The van der Waals surface area contributed by atoms with Crippen molar-refractivity contribution >= 4 is 5.97 Å². The maximum atomic E-state index is 11.9. The molecule has 7 nitrogen and oxygen atoms in total. The van der Waals surface area contributed by atoms with Gasteiger partial charge in [0.25, 0.3) is 0 Å². The smallest absolute Gasteiger partial charge is 0.411 e. The lowest BCUT2D eigenvalue weighted by Gasteiger charge is -2.37. The van der Waals surface area contributed by atoms with Gasteiger partial charge in [0.1, 0.15) is 6.61 Å². The normalized spacial score (nSPS) is 17.5. The number of alkyl halides is 3. The summed E-state index contributed by atoms with van der Waals surface area (Å²) in [6.07, 6.45) is -2.35. The van der Waals surface area contributed by atoms with Crippen LogP contribution in [0.5, 0.6) is 0 Å². The standard InChI is InChI=1S/C11H15F3N4O3/c12-11(13,14)7-21-5-2-8-15-16-17-18(8)6-10(9(19)20)3-1-4-10/h1-7H2,(H,19,20). The van der Waals surface area contributed by atoms with E-state index in [1.165, 1.54) is 4.68 Å². The number of rotatable bonds is 7. The van der Waals surface area contributed by atoms with Crippen LogP contribution in [-0.4, -0.2) is 50.7 Å². The molecule has 0 atom stereocenters. The van der Waals surface area contributed by atoms with Crippen molar-refractivity contribution in [2.45, 2.75) is 38.4 Å². The van der Waals surface area contributed by atoms with Gasteiger partial charge in [-0.2, -0.15) is 13.2 Å². The molecular formula is C11H15F3N4O3. The van der Waals surface area contributed by atoms with Gasteiger partial charge in [0.05, 0.1) is 18.6 Å². The molecule has 118 valence electrons. The van der Waals surface area contributed by atoms with Gasteiger partial charge < -0.3 is 9.84 Å². The van der Waals surface area contributed by atoms with Crippen LogP contribution in [0.1, 0.15) is 25.1 Å².